The first-order chi connectivity index (χ1) is 9.37. The van der Waals surface area contributed by atoms with Gasteiger partial charge in [-0.2, -0.15) is 13.2 Å². The number of fused-ring (bicyclic) bond motifs is 1. The molecule has 0 aliphatic heterocycles. The van der Waals surface area contributed by atoms with E-state index in [1.807, 2.05) is 0 Å². The zero-order valence-electron chi connectivity index (χ0n) is 11.0. The van der Waals surface area contributed by atoms with Gasteiger partial charge in [0.25, 0.3) is 0 Å². The predicted molar refractivity (Wildman–Crippen MR) is 71.2 cm³/mol. The van der Waals surface area contributed by atoms with Gasteiger partial charge in [-0.25, -0.2) is 4.98 Å². The second-order valence-electron chi connectivity index (χ2n) is 4.53. The lowest BCUT2D eigenvalue weighted by atomic mass is 10.2. The van der Waals surface area contributed by atoms with Gasteiger partial charge in [0.15, 0.2) is 0 Å². The van der Waals surface area contributed by atoms with Crippen molar-refractivity contribution >= 4 is 22.6 Å². The minimum Gasteiger partial charge on any atom is -0.494 e. The molecule has 0 aliphatic carbocycles. The Morgan fingerprint density at radius 2 is 2.10 bits per heavy atom. The summed E-state index contributed by atoms with van der Waals surface area (Å²) in [6.45, 7) is 1.50. The van der Waals surface area contributed by atoms with Crippen molar-refractivity contribution in [1.29, 1.82) is 0 Å². The van der Waals surface area contributed by atoms with Gasteiger partial charge in [0, 0.05) is 6.04 Å². The number of aromatic nitrogens is 2. The van der Waals surface area contributed by atoms with Crippen LogP contribution in [0, 0.1) is 0 Å². The van der Waals surface area contributed by atoms with Crippen molar-refractivity contribution in [1.82, 2.24) is 9.55 Å². The second kappa shape index (κ2) is 5.52. The number of para-hydroxylation sites is 1. The average Bonchev–Trinajstić information content (AvgIpc) is 2.74. The van der Waals surface area contributed by atoms with E-state index in [4.69, 9.17) is 16.3 Å². The van der Waals surface area contributed by atoms with E-state index in [-0.39, 0.29) is 5.88 Å². The highest BCUT2D eigenvalue weighted by Gasteiger charge is 2.32. The molecule has 1 atom stereocenters. The SMILES string of the molecule is COc1cccc2c1nc(CCl)n2C(C)CC(F)(F)F. The Morgan fingerprint density at radius 3 is 2.65 bits per heavy atom. The summed E-state index contributed by atoms with van der Waals surface area (Å²) in [4.78, 5) is 4.29. The Hall–Kier alpha value is -1.43. The Kier molecular flexibility index (Phi) is 4.13. The van der Waals surface area contributed by atoms with E-state index in [0.717, 1.165) is 0 Å². The van der Waals surface area contributed by atoms with E-state index in [1.54, 1.807) is 18.2 Å². The quantitative estimate of drug-likeness (QED) is 0.788. The molecule has 7 heteroatoms. The molecule has 20 heavy (non-hydrogen) atoms. The van der Waals surface area contributed by atoms with Gasteiger partial charge < -0.3 is 9.30 Å². The first kappa shape index (κ1) is 15.0. The topological polar surface area (TPSA) is 27.1 Å². The summed E-state index contributed by atoms with van der Waals surface area (Å²) in [7, 11) is 1.49. The minimum atomic E-state index is -4.24. The van der Waals surface area contributed by atoms with E-state index in [0.29, 0.717) is 22.6 Å². The normalized spacial score (nSPS) is 13.7. The van der Waals surface area contributed by atoms with Gasteiger partial charge in [-0.3, -0.25) is 0 Å². The fourth-order valence-corrected chi connectivity index (χ4v) is 2.51. The van der Waals surface area contributed by atoms with Crippen molar-refractivity contribution in [3.8, 4) is 5.75 Å². The number of hydrogen-bond donors (Lipinski definition) is 0. The minimum absolute atomic E-state index is 0.0417. The molecular formula is C13H14ClF3N2O. The summed E-state index contributed by atoms with van der Waals surface area (Å²) in [5.74, 6) is 0.967. The van der Waals surface area contributed by atoms with Crippen LogP contribution in [0.3, 0.4) is 0 Å². The molecule has 0 spiro atoms. The Labute approximate surface area is 119 Å². The van der Waals surface area contributed by atoms with E-state index in [9.17, 15) is 13.2 Å². The number of hydrogen-bond acceptors (Lipinski definition) is 2. The van der Waals surface area contributed by atoms with Crippen molar-refractivity contribution in [2.24, 2.45) is 0 Å². The molecule has 110 valence electrons. The Morgan fingerprint density at radius 1 is 1.40 bits per heavy atom. The van der Waals surface area contributed by atoms with Crippen molar-refractivity contribution < 1.29 is 17.9 Å². The molecule has 1 aromatic carbocycles. The molecule has 0 radical (unpaired) electrons. The second-order valence-corrected chi connectivity index (χ2v) is 4.80. The van der Waals surface area contributed by atoms with Gasteiger partial charge in [-0.1, -0.05) is 6.07 Å². The van der Waals surface area contributed by atoms with Gasteiger partial charge in [0.05, 0.1) is 24.9 Å². The Balaban J connectivity index is 2.56. The van der Waals surface area contributed by atoms with Crippen LogP contribution in [0.5, 0.6) is 5.75 Å². The molecule has 2 rings (SSSR count). The summed E-state index contributed by atoms with van der Waals surface area (Å²) in [5.41, 5.74) is 1.12. The maximum atomic E-state index is 12.6. The Bertz CT molecular complexity index is 609. The monoisotopic (exact) mass is 306 g/mol. The van der Waals surface area contributed by atoms with Gasteiger partial charge in [-0.15, -0.1) is 11.6 Å². The van der Waals surface area contributed by atoms with Crippen LogP contribution in [0.25, 0.3) is 11.0 Å². The molecule has 0 amide bonds. The van der Waals surface area contributed by atoms with Crippen molar-refractivity contribution in [2.75, 3.05) is 7.11 Å². The number of rotatable bonds is 4. The summed E-state index contributed by atoms with van der Waals surface area (Å²) in [5, 5.41) is 0. The number of methoxy groups -OCH3 is 1. The number of ether oxygens (including phenoxy) is 1. The summed E-state index contributed by atoms with van der Waals surface area (Å²) >= 11 is 5.81. The van der Waals surface area contributed by atoms with Gasteiger partial charge in [0.1, 0.15) is 17.1 Å². The summed E-state index contributed by atoms with van der Waals surface area (Å²) in [6, 6.07) is 4.37. The third kappa shape index (κ3) is 2.85. The van der Waals surface area contributed by atoms with Crippen LogP contribution >= 0.6 is 11.6 Å². The molecule has 0 saturated heterocycles. The fraction of sp³-hybridized carbons (Fsp3) is 0.462. The molecular weight excluding hydrogens is 293 g/mol. The molecule has 0 fully saturated rings. The highest BCUT2D eigenvalue weighted by atomic mass is 35.5. The van der Waals surface area contributed by atoms with Crippen molar-refractivity contribution in [3.05, 3.63) is 24.0 Å². The van der Waals surface area contributed by atoms with Crippen LogP contribution in [0.15, 0.2) is 18.2 Å². The largest absolute Gasteiger partial charge is 0.494 e. The summed E-state index contributed by atoms with van der Waals surface area (Å²) < 4.78 is 44.5. The zero-order valence-corrected chi connectivity index (χ0v) is 11.8. The van der Waals surface area contributed by atoms with Gasteiger partial charge in [0.2, 0.25) is 0 Å². The number of nitrogens with zero attached hydrogens (tertiary/aromatic N) is 2. The molecule has 0 bridgehead atoms. The molecule has 0 aliphatic rings. The van der Waals surface area contributed by atoms with E-state index in [1.165, 1.54) is 18.6 Å². The molecule has 1 heterocycles. The van der Waals surface area contributed by atoms with Crippen LogP contribution in [-0.2, 0) is 5.88 Å². The van der Waals surface area contributed by atoms with Crippen LogP contribution < -0.4 is 4.74 Å². The van der Waals surface area contributed by atoms with E-state index < -0.39 is 18.6 Å². The first-order valence-corrected chi connectivity index (χ1v) is 6.57. The van der Waals surface area contributed by atoms with Crippen molar-refractivity contribution in [3.63, 3.8) is 0 Å². The summed E-state index contributed by atoms with van der Waals surface area (Å²) in [6.07, 6.45) is -5.17. The van der Waals surface area contributed by atoms with Crippen LogP contribution in [0.4, 0.5) is 13.2 Å². The first-order valence-electron chi connectivity index (χ1n) is 6.04. The fourth-order valence-electron chi connectivity index (χ4n) is 2.32. The lowest BCUT2D eigenvalue weighted by Gasteiger charge is -2.18. The maximum Gasteiger partial charge on any atom is 0.391 e. The molecule has 2 aromatic rings. The van der Waals surface area contributed by atoms with Crippen LogP contribution in [-0.4, -0.2) is 22.8 Å². The van der Waals surface area contributed by atoms with E-state index in [2.05, 4.69) is 4.98 Å². The smallest absolute Gasteiger partial charge is 0.391 e. The number of imidazole rings is 1. The number of alkyl halides is 4. The highest BCUT2D eigenvalue weighted by Crippen LogP contribution is 2.33. The third-order valence-corrected chi connectivity index (χ3v) is 3.30. The molecule has 0 N–H and O–H groups in total. The predicted octanol–water partition coefficient (Wildman–Crippen LogP) is 4.30. The van der Waals surface area contributed by atoms with Crippen LogP contribution in [0.1, 0.15) is 25.2 Å². The molecule has 1 unspecified atom stereocenters. The average molecular weight is 307 g/mol. The molecule has 0 saturated carbocycles. The lowest BCUT2D eigenvalue weighted by Crippen LogP contribution is -2.17. The number of benzene rings is 1. The van der Waals surface area contributed by atoms with E-state index >= 15 is 0 Å². The molecule has 1 aromatic heterocycles. The standard InChI is InChI=1S/C13H14ClF3N2O/c1-8(6-13(15,16)17)19-9-4-3-5-10(20-2)12(9)18-11(19)7-14/h3-5,8H,6-7H2,1-2H3. The zero-order chi connectivity index (χ0) is 14.9. The lowest BCUT2D eigenvalue weighted by molar-refractivity contribution is -0.141. The van der Waals surface area contributed by atoms with Crippen molar-refractivity contribution in [2.45, 2.75) is 31.4 Å². The number of halogens is 4. The molecule has 3 nitrogen and oxygen atoms in total. The third-order valence-electron chi connectivity index (χ3n) is 3.06. The highest BCUT2D eigenvalue weighted by molar-refractivity contribution is 6.16. The maximum absolute atomic E-state index is 12.6. The van der Waals surface area contributed by atoms with Crippen LogP contribution in [0.2, 0.25) is 0 Å². The van der Waals surface area contributed by atoms with Gasteiger partial charge >= 0.3 is 6.18 Å². The van der Waals surface area contributed by atoms with Gasteiger partial charge in [-0.05, 0) is 19.1 Å².